The molecule has 292 valence electrons. The number of nitrogens with zero attached hydrogens (tertiary/aromatic N) is 2. The van der Waals surface area contributed by atoms with E-state index < -0.39 is 78.3 Å². The van der Waals surface area contributed by atoms with Crippen molar-refractivity contribution >= 4 is 41.4 Å². The Hall–Kier alpha value is -5.76. The molecular weight excluding hydrogens is 692 g/mol. The van der Waals surface area contributed by atoms with Crippen LogP contribution in [0.1, 0.15) is 51.3 Å². The van der Waals surface area contributed by atoms with Gasteiger partial charge in [-0.15, -0.1) is 0 Å². The summed E-state index contributed by atoms with van der Waals surface area (Å²) in [4.78, 5) is 89.4. The van der Waals surface area contributed by atoms with E-state index in [1.807, 2.05) is 13.8 Å². The summed E-state index contributed by atoms with van der Waals surface area (Å²) in [6.07, 6.45) is 3.11. The standard InChI is InChI=1S/C33H52N12O8/c1-17(2)11-25(44-28(49)18(3)41-29(50)22(34)15-46)31(52)42-23(5-4-10-39-33(36)37)30(51)45-26(13-20-14-38-16-40-20)32(53)43-24(27(35)48)12-19-6-8-21(47)9-7-19/h6-9,14,16-18,22-26,46-47H,4-5,10-13,15,34H2,1-3H3,(H2,35,48)(H,38,40)(H,41,50)(H,42,52)(H,43,53)(H,44,49)(H,45,51)(H4,36,37,39)/t18-,22-,23+,24-,25-,26+/m0/s1. The lowest BCUT2D eigenvalue weighted by Crippen LogP contribution is -2.59. The molecule has 20 heteroatoms. The number of amides is 6. The first-order valence-electron chi connectivity index (χ1n) is 17.0. The smallest absolute Gasteiger partial charge is 0.243 e. The monoisotopic (exact) mass is 744 g/mol. The number of aromatic hydroxyl groups is 1. The fourth-order valence-electron chi connectivity index (χ4n) is 4.97. The first kappa shape index (κ1) is 43.4. The molecule has 6 amide bonds. The predicted octanol–water partition coefficient (Wildman–Crippen LogP) is -3.75. The number of aromatic nitrogens is 2. The van der Waals surface area contributed by atoms with Gasteiger partial charge in [-0.3, -0.25) is 33.8 Å². The Morgan fingerprint density at radius 1 is 0.792 bits per heavy atom. The van der Waals surface area contributed by atoms with Gasteiger partial charge in [0.2, 0.25) is 35.4 Å². The highest BCUT2D eigenvalue weighted by Crippen LogP contribution is 2.12. The van der Waals surface area contributed by atoms with Gasteiger partial charge < -0.3 is 64.7 Å². The van der Waals surface area contributed by atoms with E-state index in [2.05, 4.69) is 41.5 Å². The van der Waals surface area contributed by atoms with Gasteiger partial charge in [0.15, 0.2) is 5.96 Å². The zero-order valence-electron chi connectivity index (χ0n) is 30.0. The number of aliphatic hydroxyl groups is 1. The average Bonchev–Trinajstić information content (AvgIpc) is 3.61. The van der Waals surface area contributed by atoms with E-state index >= 15 is 0 Å². The summed E-state index contributed by atoms with van der Waals surface area (Å²) < 4.78 is 0. The second-order valence-electron chi connectivity index (χ2n) is 12.9. The summed E-state index contributed by atoms with van der Waals surface area (Å²) in [5.41, 5.74) is 23.1. The maximum atomic E-state index is 13.9. The molecule has 0 saturated carbocycles. The van der Waals surface area contributed by atoms with Crippen LogP contribution < -0.4 is 49.5 Å². The second-order valence-corrected chi connectivity index (χ2v) is 12.9. The van der Waals surface area contributed by atoms with E-state index in [-0.39, 0.29) is 56.3 Å². The van der Waals surface area contributed by atoms with Crippen LogP contribution in [0.15, 0.2) is 41.8 Å². The molecule has 0 saturated heterocycles. The molecular formula is C33H52N12O8. The molecule has 0 aliphatic carbocycles. The van der Waals surface area contributed by atoms with Crippen molar-refractivity contribution in [2.75, 3.05) is 13.2 Å². The molecule has 0 aliphatic heterocycles. The Balaban J connectivity index is 2.32. The summed E-state index contributed by atoms with van der Waals surface area (Å²) in [5, 5.41) is 31.6. The summed E-state index contributed by atoms with van der Waals surface area (Å²) in [7, 11) is 0. The highest BCUT2D eigenvalue weighted by molar-refractivity contribution is 5.96. The van der Waals surface area contributed by atoms with Gasteiger partial charge in [-0.1, -0.05) is 26.0 Å². The van der Waals surface area contributed by atoms with Crippen molar-refractivity contribution in [3.05, 3.63) is 48.0 Å². The Kier molecular flexibility index (Phi) is 17.7. The number of H-pyrrole nitrogens is 1. The zero-order chi connectivity index (χ0) is 39.7. The highest BCUT2D eigenvalue weighted by atomic mass is 16.3. The molecule has 2 rings (SSSR count). The molecule has 6 atom stereocenters. The molecule has 0 spiro atoms. The third kappa shape index (κ3) is 15.6. The van der Waals surface area contributed by atoms with Crippen LogP contribution >= 0.6 is 0 Å². The molecule has 20 nitrogen and oxygen atoms in total. The lowest BCUT2D eigenvalue weighted by molar-refractivity contribution is -0.135. The zero-order valence-corrected chi connectivity index (χ0v) is 30.0. The van der Waals surface area contributed by atoms with E-state index in [9.17, 15) is 33.9 Å². The van der Waals surface area contributed by atoms with Gasteiger partial charge >= 0.3 is 0 Å². The van der Waals surface area contributed by atoms with Gasteiger partial charge in [0.05, 0.1) is 12.9 Å². The fraction of sp³-hybridized carbons (Fsp3) is 0.515. The van der Waals surface area contributed by atoms with Crippen molar-refractivity contribution < 1.29 is 39.0 Å². The van der Waals surface area contributed by atoms with Crippen molar-refractivity contribution in [1.82, 2.24) is 36.6 Å². The van der Waals surface area contributed by atoms with Crippen molar-refractivity contribution in [2.45, 2.75) is 89.1 Å². The number of aromatic amines is 1. The molecule has 2 aromatic rings. The van der Waals surface area contributed by atoms with Crippen LogP contribution in [0, 0.1) is 5.92 Å². The van der Waals surface area contributed by atoms with Crippen LogP contribution in [-0.2, 0) is 41.6 Å². The molecule has 0 aliphatic rings. The number of rotatable bonds is 22. The average molecular weight is 745 g/mol. The van der Waals surface area contributed by atoms with E-state index in [0.717, 1.165) is 0 Å². The summed E-state index contributed by atoms with van der Waals surface area (Å²) in [5.74, 6) is -4.86. The normalized spacial score (nSPS) is 14.4. The third-order valence-corrected chi connectivity index (χ3v) is 7.85. The maximum Gasteiger partial charge on any atom is 0.243 e. The minimum absolute atomic E-state index is 0.00491. The number of imidazole rings is 1. The fourth-order valence-corrected chi connectivity index (χ4v) is 4.97. The second kappa shape index (κ2) is 21.6. The minimum Gasteiger partial charge on any atom is -0.508 e. The molecule has 0 fully saturated rings. The number of nitrogens with two attached hydrogens (primary N) is 4. The van der Waals surface area contributed by atoms with E-state index in [1.165, 1.54) is 31.6 Å². The van der Waals surface area contributed by atoms with Crippen LogP contribution in [0.5, 0.6) is 5.75 Å². The molecule has 1 heterocycles. The number of aliphatic imine (C=N–C) groups is 1. The summed E-state index contributed by atoms with van der Waals surface area (Å²) >= 11 is 0. The molecule has 1 aromatic carbocycles. The number of phenols is 1. The molecule has 0 radical (unpaired) electrons. The highest BCUT2D eigenvalue weighted by Gasteiger charge is 2.32. The van der Waals surface area contributed by atoms with Crippen LogP contribution in [-0.4, -0.2) is 111 Å². The number of carbonyl (C=O) groups excluding carboxylic acids is 6. The minimum atomic E-state index is -1.29. The van der Waals surface area contributed by atoms with Gasteiger partial charge in [0.1, 0.15) is 42.0 Å². The van der Waals surface area contributed by atoms with Gasteiger partial charge in [-0.2, -0.15) is 0 Å². The van der Waals surface area contributed by atoms with E-state index in [4.69, 9.17) is 28.0 Å². The molecule has 0 bridgehead atoms. The number of hydrogen-bond acceptors (Lipinski definition) is 11. The van der Waals surface area contributed by atoms with E-state index in [1.54, 1.807) is 12.1 Å². The summed E-state index contributed by atoms with van der Waals surface area (Å²) in [6.45, 7) is 4.48. The molecule has 53 heavy (non-hydrogen) atoms. The third-order valence-electron chi connectivity index (χ3n) is 7.85. The number of benzene rings is 1. The van der Waals surface area contributed by atoms with Crippen molar-refractivity contribution in [3.8, 4) is 5.75 Å². The number of hydrogen-bond donors (Lipinski definition) is 12. The van der Waals surface area contributed by atoms with Crippen molar-refractivity contribution in [3.63, 3.8) is 0 Å². The number of primary amides is 1. The predicted molar refractivity (Wildman–Crippen MR) is 193 cm³/mol. The number of nitrogens with one attached hydrogen (secondary N) is 6. The SMILES string of the molecule is CC(C)C[C@H](NC(=O)[C@H](C)NC(=O)[C@@H](N)CO)C(=O)N[C@H](CCCN=C(N)N)C(=O)N[C@H](Cc1cnc[nH]1)C(=O)N[C@@H](Cc1ccc(O)cc1)C(N)=O. The van der Waals surface area contributed by atoms with Crippen LogP contribution in [0.4, 0.5) is 0 Å². The van der Waals surface area contributed by atoms with Gasteiger partial charge in [-0.25, -0.2) is 4.98 Å². The van der Waals surface area contributed by atoms with Crippen LogP contribution in [0.3, 0.4) is 0 Å². The van der Waals surface area contributed by atoms with Gasteiger partial charge in [-0.05, 0) is 49.8 Å². The first-order chi connectivity index (χ1) is 25.0. The van der Waals surface area contributed by atoms with Gasteiger partial charge in [0, 0.05) is 31.3 Å². The number of aliphatic hydroxyl groups excluding tert-OH is 1. The van der Waals surface area contributed by atoms with E-state index in [0.29, 0.717) is 11.3 Å². The number of guanidine groups is 1. The Morgan fingerprint density at radius 3 is 1.94 bits per heavy atom. The first-order valence-corrected chi connectivity index (χ1v) is 17.0. The number of carbonyl (C=O) groups is 6. The van der Waals surface area contributed by atoms with Crippen molar-refractivity contribution in [2.24, 2.45) is 33.8 Å². The lowest BCUT2D eigenvalue weighted by Gasteiger charge is -2.27. The summed E-state index contributed by atoms with van der Waals surface area (Å²) in [6, 6.07) is -1.29. The quantitative estimate of drug-likeness (QED) is 0.0314. The topological polar surface area (TPSA) is 348 Å². The lowest BCUT2D eigenvalue weighted by atomic mass is 10.0. The van der Waals surface area contributed by atoms with Gasteiger partial charge in [0.25, 0.3) is 0 Å². The Morgan fingerprint density at radius 2 is 1.38 bits per heavy atom. The van der Waals surface area contributed by atoms with Crippen molar-refractivity contribution in [1.29, 1.82) is 0 Å². The molecule has 16 N–H and O–H groups in total. The Bertz CT molecular complexity index is 1550. The van der Waals surface area contributed by atoms with Crippen LogP contribution in [0.2, 0.25) is 0 Å². The molecule has 0 unspecified atom stereocenters. The number of phenolic OH excluding ortho intramolecular Hbond substituents is 1. The largest absolute Gasteiger partial charge is 0.508 e. The van der Waals surface area contributed by atoms with Crippen LogP contribution in [0.25, 0.3) is 0 Å². The molecule has 1 aromatic heterocycles. The Labute approximate surface area is 306 Å². The maximum absolute atomic E-state index is 13.9.